The molecule has 0 atom stereocenters. The summed E-state index contributed by atoms with van der Waals surface area (Å²) in [6, 6.07) is 55.2. The largest absolute Gasteiger partial charge is 0.456 e. The second-order valence-electron chi connectivity index (χ2n) is 25.0. The third-order valence-electron chi connectivity index (χ3n) is 18.1. The second kappa shape index (κ2) is 15.4. The summed E-state index contributed by atoms with van der Waals surface area (Å²) in [4.78, 5) is 2.63. The summed E-state index contributed by atoms with van der Waals surface area (Å²) < 4.78 is 6.89. The predicted molar refractivity (Wildman–Crippen MR) is 307 cm³/mol. The maximum atomic E-state index is 6.89. The molecule has 0 fully saturated rings. The molecule has 8 aromatic carbocycles. The van der Waals surface area contributed by atoms with Crippen molar-refractivity contribution in [1.82, 2.24) is 0 Å². The molecule has 72 heavy (non-hydrogen) atoms. The van der Waals surface area contributed by atoms with Crippen molar-refractivity contribution in [2.45, 2.75) is 129 Å². The Labute approximate surface area is 428 Å². The number of aryl methyl sites for hydroxylation is 1. The van der Waals surface area contributed by atoms with Crippen LogP contribution in [0.3, 0.4) is 0 Å². The fourth-order valence-corrected chi connectivity index (χ4v) is 13.6. The number of furan rings is 1. The number of hydrogen-bond donors (Lipinski definition) is 1. The molecule has 4 aliphatic rings. The minimum absolute atomic E-state index is 0.0360. The van der Waals surface area contributed by atoms with Crippen LogP contribution in [0.15, 0.2) is 150 Å². The topological polar surface area (TPSA) is 28.4 Å². The van der Waals surface area contributed by atoms with Gasteiger partial charge in [-0.2, -0.15) is 0 Å². The molecule has 3 nitrogen and oxygen atoms in total. The summed E-state index contributed by atoms with van der Waals surface area (Å²) in [5, 5.41) is 6.40. The smallest absolute Gasteiger partial charge is 0.197 e. The summed E-state index contributed by atoms with van der Waals surface area (Å²) >= 11 is 0. The fraction of sp³-hybridized carbons (Fsp3) is 0.294. The van der Waals surface area contributed by atoms with Gasteiger partial charge >= 0.3 is 0 Å². The standard InChI is InChI=1S/C68H66BN2O/c1-40-33-51-53(67(8,9)32-31-65(51,4)5)39-57(40)71-56-28-25-42(41-19-13-12-14-20-41)34-54(56)69-63-58(71)37-47-44-21-15-17-23-49(44)68(10,11)62(47)61(63)48-38-60-46(45-22-16-18-24-59(45)72-60)36-55(48)70-43-26-27-50-52(35-43)66(6,7)30-29-64(50,2)3/h12-28,33-39,70H,29-32H2,1-11H3. The lowest BCUT2D eigenvalue weighted by Crippen LogP contribution is -2.42. The highest BCUT2D eigenvalue weighted by Gasteiger charge is 2.44. The highest BCUT2D eigenvalue weighted by atomic mass is 16.3. The lowest BCUT2D eigenvalue weighted by molar-refractivity contribution is 0.332. The van der Waals surface area contributed by atoms with E-state index in [-0.39, 0.29) is 27.1 Å². The first kappa shape index (κ1) is 45.1. The van der Waals surface area contributed by atoms with Gasteiger partial charge in [0.1, 0.15) is 11.2 Å². The highest BCUT2D eigenvalue weighted by Crippen LogP contribution is 2.57. The molecular formula is C68H66BN2O. The van der Waals surface area contributed by atoms with Crippen molar-refractivity contribution < 1.29 is 4.42 Å². The lowest BCUT2D eigenvalue weighted by atomic mass is 9.56. The van der Waals surface area contributed by atoms with E-state index in [2.05, 4.69) is 239 Å². The molecule has 0 saturated heterocycles. The van der Waals surface area contributed by atoms with Crippen LogP contribution in [-0.2, 0) is 27.1 Å². The number of nitrogens with zero attached hydrogens (tertiary/aromatic N) is 1. The van der Waals surface area contributed by atoms with Crippen LogP contribution >= 0.6 is 0 Å². The first-order valence-corrected chi connectivity index (χ1v) is 26.5. The molecule has 13 rings (SSSR count). The third-order valence-corrected chi connectivity index (χ3v) is 18.1. The molecular weight excluding hydrogens is 872 g/mol. The molecule has 3 aliphatic carbocycles. The Kier molecular flexibility index (Phi) is 9.63. The monoisotopic (exact) mass is 938 g/mol. The molecule has 9 aromatic rings. The molecule has 1 N–H and O–H groups in total. The second-order valence-corrected chi connectivity index (χ2v) is 25.0. The minimum atomic E-state index is -0.319. The van der Waals surface area contributed by atoms with Gasteiger partial charge in [-0.25, -0.2) is 0 Å². The zero-order valence-electron chi connectivity index (χ0n) is 44.1. The van der Waals surface area contributed by atoms with E-state index in [1.165, 1.54) is 108 Å². The third kappa shape index (κ3) is 6.69. The Morgan fingerprint density at radius 2 is 1.12 bits per heavy atom. The summed E-state index contributed by atoms with van der Waals surface area (Å²) in [5.74, 6) is 0. The predicted octanol–water partition coefficient (Wildman–Crippen LogP) is 17.4. The average Bonchev–Trinajstić information content (AvgIpc) is 3.83. The van der Waals surface area contributed by atoms with Gasteiger partial charge in [-0.1, -0.05) is 172 Å². The number of fused-ring (bicyclic) bond motifs is 10. The van der Waals surface area contributed by atoms with Crippen molar-refractivity contribution in [2.24, 2.45) is 0 Å². The molecule has 2 heterocycles. The van der Waals surface area contributed by atoms with Crippen molar-refractivity contribution in [2.75, 3.05) is 10.2 Å². The fourth-order valence-electron chi connectivity index (χ4n) is 13.6. The van der Waals surface area contributed by atoms with Gasteiger partial charge < -0.3 is 14.6 Å². The summed E-state index contributed by atoms with van der Waals surface area (Å²) in [7, 11) is 2.51. The van der Waals surface area contributed by atoms with E-state index in [0.717, 1.165) is 51.7 Å². The molecule has 357 valence electrons. The van der Waals surface area contributed by atoms with Gasteiger partial charge in [0, 0.05) is 50.2 Å². The normalized spacial score (nSPS) is 18.1. The van der Waals surface area contributed by atoms with Crippen LogP contribution in [0.4, 0.5) is 28.4 Å². The lowest BCUT2D eigenvalue weighted by Gasteiger charge is -2.44. The van der Waals surface area contributed by atoms with E-state index in [1.54, 1.807) is 0 Å². The van der Waals surface area contributed by atoms with Crippen molar-refractivity contribution in [1.29, 1.82) is 0 Å². The quantitative estimate of drug-likeness (QED) is 0.174. The van der Waals surface area contributed by atoms with Crippen LogP contribution < -0.4 is 21.1 Å². The van der Waals surface area contributed by atoms with Crippen LogP contribution in [0.2, 0.25) is 0 Å². The molecule has 0 amide bonds. The van der Waals surface area contributed by atoms with Crippen LogP contribution in [0, 0.1) is 6.92 Å². The number of rotatable bonds is 5. The van der Waals surface area contributed by atoms with Crippen LogP contribution in [-0.4, -0.2) is 7.28 Å². The first-order valence-electron chi connectivity index (χ1n) is 26.5. The number of anilines is 5. The van der Waals surface area contributed by atoms with Crippen LogP contribution in [0.25, 0.3) is 55.3 Å². The Morgan fingerprint density at radius 3 is 1.88 bits per heavy atom. The maximum Gasteiger partial charge on any atom is 0.197 e. The molecule has 1 aromatic heterocycles. The Morgan fingerprint density at radius 1 is 0.472 bits per heavy atom. The van der Waals surface area contributed by atoms with Crippen LogP contribution in [0.1, 0.15) is 134 Å². The van der Waals surface area contributed by atoms with E-state index in [0.29, 0.717) is 0 Å². The van der Waals surface area contributed by atoms with Gasteiger partial charge in [0.15, 0.2) is 7.28 Å². The molecule has 0 unspecified atom stereocenters. The van der Waals surface area contributed by atoms with E-state index in [9.17, 15) is 0 Å². The average molecular weight is 938 g/mol. The van der Waals surface area contributed by atoms with E-state index in [4.69, 9.17) is 4.42 Å². The van der Waals surface area contributed by atoms with E-state index >= 15 is 0 Å². The van der Waals surface area contributed by atoms with Crippen LogP contribution in [0.5, 0.6) is 0 Å². The Balaban J connectivity index is 1.13. The number of nitrogens with one attached hydrogen (secondary N) is 1. The van der Waals surface area contributed by atoms with Crippen molar-refractivity contribution in [3.63, 3.8) is 0 Å². The molecule has 0 spiro atoms. The molecule has 1 aliphatic heterocycles. The Bertz CT molecular complexity index is 3750. The van der Waals surface area contributed by atoms with Gasteiger partial charge in [-0.15, -0.1) is 0 Å². The number of para-hydroxylation sites is 1. The maximum absolute atomic E-state index is 6.89. The van der Waals surface area contributed by atoms with Crippen molar-refractivity contribution in [3.8, 4) is 33.4 Å². The van der Waals surface area contributed by atoms with Gasteiger partial charge in [-0.05, 0) is 175 Å². The molecule has 4 heteroatoms. The summed E-state index contributed by atoms with van der Waals surface area (Å²) in [6.45, 7) is 26.7. The SMILES string of the molecule is Cc1cc2c(cc1N1c3ccc(-c4ccccc4)cc3[B]c3c1cc1c(c3-c3cc4oc5ccccc5c4cc3Nc3ccc4c(c3)C(C)(C)CCC4(C)C)C(C)(C)c3ccccc3-1)C(C)(C)CCC2(C)C. The zero-order chi connectivity index (χ0) is 49.9. The summed E-state index contributed by atoms with van der Waals surface area (Å²) in [6.07, 6.45) is 4.67. The van der Waals surface area contributed by atoms with Gasteiger partial charge in [0.05, 0.1) is 0 Å². The van der Waals surface area contributed by atoms with Crippen molar-refractivity contribution >= 4 is 68.6 Å². The van der Waals surface area contributed by atoms with Gasteiger partial charge in [0.25, 0.3) is 0 Å². The minimum Gasteiger partial charge on any atom is -0.456 e. The molecule has 0 bridgehead atoms. The Hall–Kier alpha value is -6.78. The molecule has 0 saturated carbocycles. The number of benzene rings is 8. The highest BCUT2D eigenvalue weighted by molar-refractivity contribution is 6.73. The van der Waals surface area contributed by atoms with Crippen molar-refractivity contribution in [3.05, 3.63) is 185 Å². The first-order chi connectivity index (χ1) is 34.3. The van der Waals surface area contributed by atoms with Gasteiger partial charge in [-0.3, -0.25) is 0 Å². The zero-order valence-corrected chi connectivity index (χ0v) is 44.1. The molecule has 1 radical (unpaired) electrons. The van der Waals surface area contributed by atoms with Gasteiger partial charge in [0.2, 0.25) is 0 Å². The van der Waals surface area contributed by atoms with E-state index < -0.39 is 0 Å². The summed E-state index contributed by atoms with van der Waals surface area (Å²) in [5.41, 5.74) is 27.2. The van der Waals surface area contributed by atoms with E-state index in [1.807, 2.05) is 0 Å². The number of hydrogen-bond acceptors (Lipinski definition) is 3.